The second-order valence-corrected chi connectivity index (χ2v) is 5.21. The third kappa shape index (κ3) is 2.39. The van der Waals surface area contributed by atoms with Crippen molar-refractivity contribution in [1.82, 2.24) is 4.98 Å². The maximum atomic E-state index is 9.18. The van der Waals surface area contributed by atoms with Crippen molar-refractivity contribution in [2.45, 2.75) is 6.61 Å². The van der Waals surface area contributed by atoms with E-state index in [0.29, 0.717) is 0 Å². The molecule has 0 amide bonds. The fourth-order valence-corrected chi connectivity index (χ4v) is 2.57. The third-order valence-corrected chi connectivity index (χ3v) is 3.86. The molecule has 94 valence electrons. The largest absolute Gasteiger partial charge is 0.392 e. The Labute approximate surface area is 119 Å². The van der Waals surface area contributed by atoms with E-state index in [0.717, 1.165) is 32.2 Å². The van der Waals surface area contributed by atoms with Crippen molar-refractivity contribution in [1.29, 1.82) is 0 Å². The Hall–Kier alpha value is -1.71. The number of fused-ring (bicyclic) bond motifs is 1. The molecule has 0 atom stereocenters. The lowest BCUT2D eigenvalue weighted by atomic mass is 10.1. The van der Waals surface area contributed by atoms with E-state index in [4.69, 9.17) is 0 Å². The summed E-state index contributed by atoms with van der Waals surface area (Å²) in [7, 11) is 0. The lowest BCUT2D eigenvalue weighted by Gasteiger charge is -2.06. The number of halogens is 1. The molecule has 0 aliphatic carbocycles. The predicted molar refractivity (Wildman–Crippen MR) is 80.8 cm³/mol. The maximum Gasteiger partial charge on any atom is 0.0710 e. The molecule has 0 fully saturated rings. The van der Waals surface area contributed by atoms with Gasteiger partial charge in [0.15, 0.2) is 0 Å². The summed E-state index contributed by atoms with van der Waals surface area (Å²) in [4.78, 5) is 4.66. The third-order valence-electron chi connectivity index (χ3n) is 3.12. The molecule has 2 aromatic carbocycles. The van der Waals surface area contributed by atoms with Crippen molar-refractivity contribution < 1.29 is 5.11 Å². The van der Waals surface area contributed by atoms with E-state index in [2.05, 4.69) is 33.0 Å². The number of benzene rings is 2. The Bertz CT molecular complexity index is 740. The average molecular weight is 314 g/mol. The van der Waals surface area contributed by atoms with Crippen molar-refractivity contribution >= 4 is 26.8 Å². The minimum atomic E-state index is 0.0337. The first-order valence-corrected chi connectivity index (χ1v) is 6.83. The highest BCUT2D eigenvalue weighted by atomic mass is 79.9. The molecule has 0 saturated heterocycles. The van der Waals surface area contributed by atoms with Gasteiger partial charge in [0.1, 0.15) is 0 Å². The number of rotatable bonds is 2. The van der Waals surface area contributed by atoms with Crippen molar-refractivity contribution in [3.63, 3.8) is 0 Å². The summed E-state index contributed by atoms with van der Waals surface area (Å²) in [5.41, 5.74) is 3.84. The van der Waals surface area contributed by atoms with Crippen LogP contribution in [0.15, 0.2) is 59.1 Å². The second kappa shape index (κ2) is 5.11. The van der Waals surface area contributed by atoms with Gasteiger partial charge in [-0.2, -0.15) is 0 Å². The molecule has 3 heteroatoms. The Kier molecular flexibility index (Phi) is 3.32. The van der Waals surface area contributed by atoms with Crippen LogP contribution in [-0.4, -0.2) is 10.1 Å². The van der Waals surface area contributed by atoms with Crippen LogP contribution in [0.2, 0.25) is 0 Å². The van der Waals surface area contributed by atoms with Crippen molar-refractivity contribution in [3.05, 3.63) is 64.6 Å². The lowest BCUT2D eigenvalue weighted by Crippen LogP contribution is -1.89. The first-order chi connectivity index (χ1) is 9.28. The maximum absolute atomic E-state index is 9.18. The van der Waals surface area contributed by atoms with Gasteiger partial charge >= 0.3 is 0 Å². The van der Waals surface area contributed by atoms with Crippen LogP contribution in [0.1, 0.15) is 5.56 Å². The smallest absolute Gasteiger partial charge is 0.0710 e. The van der Waals surface area contributed by atoms with Crippen LogP contribution in [0, 0.1) is 0 Å². The Morgan fingerprint density at radius 2 is 1.84 bits per heavy atom. The molecule has 19 heavy (non-hydrogen) atoms. The highest BCUT2D eigenvalue weighted by Gasteiger charge is 2.04. The molecule has 0 bridgehead atoms. The van der Waals surface area contributed by atoms with Crippen LogP contribution < -0.4 is 0 Å². The molecule has 3 aromatic rings. The van der Waals surface area contributed by atoms with Gasteiger partial charge in [0.2, 0.25) is 0 Å². The molecule has 0 unspecified atom stereocenters. The number of aromatic nitrogens is 1. The van der Waals surface area contributed by atoms with Gasteiger partial charge in [-0.1, -0.05) is 52.3 Å². The van der Waals surface area contributed by atoms with E-state index in [-0.39, 0.29) is 6.61 Å². The monoisotopic (exact) mass is 313 g/mol. The quantitative estimate of drug-likeness (QED) is 0.770. The van der Waals surface area contributed by atoms with Crippen LogP contribution in [0.25, 0.3) is 22.2 Å². The zero-order chi connectivity index (χ0) is 13.2. The molecule has 0 radical (unpaired) electrons. The summed E-state index contributed by atoms with van der Waals surface area (Å²) in [6, 6.07) is 18.0. The van der Waals surface area contributed by atoms with Crippen molar-refractivity contribution in [3.8, 4) is 11.3 Å². The fraction of sp³-hybridized carbons (Fsp3) is 0.0625. The summed E-state index contributed by atoms with van der Waals surface area (Å²) in [6.45, 7) is 0.0337. The molecular formula is C16H12BrNO. The van der Waals surface area contributed by atoms with E-state index in [1.807, 2.05) is 42.5 Å². The number of pyridine rings is 1. The number of hydrogen-bond acceptors (Lipinski definition) is 2. The van der Waals surface area contributed by atoms with Crippen LogP contribution in [0.3, 0.4) is 0 Å². The van der Waals surface area contributed by atoms with Gasteiger partial charge in [0.25, 0.3) is 0 Å². The number of hydrogen-bond donors (Lipinski definition) is 1. The van der Waals surface area contributed by atoms with E-state index in [9.17, 15) is 5.11 Å². The van der Waals surface area contributed by atoms with Gasteiger partial charge in [-0.3, -0.25) is 0 Å². The zero-order valence-corrected chi connectivity index (χ0v) is 11.8. The molecule has 0 aliphatic rings. The van der Waals surface area contributed by atoms with Gasteiger partial charge in [0.05, 0.1) is 17.8 Å². The minimum absolute atomic E-state index is 0.0337. The number of aliphatic hydroxyl groups excluding tert-OH is 1. The summed E-state index contributed by atoms with van der Waals surface area (Å²) in [5.74, 6) is 0. The standard InChI is InChI=1S/C16H12BrNO/c17-14-9-12(5-6-13(14)10-19)16-8-7-11-3-1-2-4-15(11)18-16/h1-9,19H,10H2. The number of nitrogens with zero attached hydrogens (tertiary/aromatic N) is 1. The summed E-state index contributed by atoms with van der Waals surface area (Å²) in [6.07, 6.45) is 0. The lowest BCUT2D eigenvalue weighted by molar-refractivity contribution is 0.281. The molecule has 0 saturated carbocycles. The van der Waals surface area contributed by atoms with E-state index in [1.54, 1.807) is 0 Å². The van der Waals surface area contributed by atoms with E-state index in [1.165, 1.54) is 0 Å². The summed E-state index contributed by atoms with van der Waals surface area (Å²) in [5, 5.41) is 10.3. The second-order valence-electron chi connectivity index (χ2n) is 4.35. The molecule has 2 nitrogen and oxygen atoms in total. The zero-order valence-electron chi connectivity index (χ0n) is 10.2. The first-order valence-electron chi connectivity index (χ1n) is 6.03. The Morgan fingerprint density at radius 3 is 2.63 bits per heavy atom. The van der Waals surface area contributed by atoms with Crippen molar-refractivity contribution in [2.24, 2.45) is 0 Å². The molecule has 1 heterocycles. The predicted octanol–water partition coefficient (Wildman–Crippen LogP) is 4.16. The molecule has 3 rings (SSSR count). The SMILES string of the molecule is OCc1ccc(-c2ccc3ccccc3n2)cc1Br. The van der Waals surface area contributed by atoms with E-state index < -0.39 is 0 Å². The number of para-hydroxylation sites is 1. The fourth-order valence-electron chi connectivity index (χ4n) is 2.06. The molecule has 1 aromatic heterocycles. The van der Waals surface area contributed by atoms with Crippen molar-refractivity contribution in [2.75, 3.05) is 0 Å². The molecular weight excluding hydrogens is 302 g/mol. The normalized spacial score (nSPS) is 10.8. The van der Waals surface area contributed by atoms with Gasteiger partial charge in [-0.25, -0.2) is 4.98 Å². The summed E-state index contributed by atoms with van der Waals surface area (Å²) < 4.78 is 0.905. The molecule has 0 spiro atoms. The Balaban J connectivity index is 2.11. The van der Waals surface area contributed by atoms with Gasteiger partial charge in [0, 0.05) is 15.4 Å². The van der Waals surface area contributed by atoms with Crippen LogP contribution in [0.4, 0.5) is 0 Å². The first kappa shape index (κ1) is 12.3. The highest BCUT2D eigenvalue weighted by molar-refractivity contribution is 9.10. The topological polar surface area (TPSA) is 33.1 Å². The van der Waals surface area contributed by atoms with Crippen LogP contribution in [-0.2, 0) is 6.61 Å². The van der Waals surface area contributed by atoms with Crippen LogP contribution in [0.5, 0.6) is 0 Å². The average Bonchev–Trinajstić information content (AvgIpc) is 2.46. The summed E-state index contributed by atoms with van der Waals surface area (Å²) >= 11 is 3.47. The van der Waals surface area contributed by atoms with E-state index >= 15 is 0 Å². The van der Waals surface area contributed by atoms with Gasteiger partial charge in [-0.15, -0.1) is 0 Å². The minimum Gasteiger partial charge on any atom is -0.392 e. The van der Waals surface area contributed by atoms with Crippen LogP contribution >= 0.6 is 15.9 Å². The highest BCUT2D eigenvalue weighted by Crippen LogP contribution is 2.26. The Morgan fingerprint density at radius 1 is 1.00 bits per heavy atom. The molecule has 0 aliphatic heterocycles. The van der Waals surface area contributed by atoms with Gasteiger partial charge in [-0.05, 0) is 23.8 Å². The number of aliphatic hydroxyl groups is 1. The van der Waals surface area contributed by atoms with Gasteiger partial charge < -0.3 is 5.11 Å². The molecule has 1 N–H and O–H groups in total.